The van der Waals surface area contributed by atoms with Crippen molar-refractivity contribution in [3.63, 3.8) is 0 Å². The molecule has 4 aliphatic rings. The molecule has 4 rings (SSSR count). The third-order valence-electron chi connectivity index (χ3n) is 9.28. The van der Waals surface area contributed by atoms with Crippen LogP contribution in [0.25, 0.3) is 0 Å². The fourth-order valence-corrected chi connectivity index (χ4v) is 6.70. The van der Waals surface area contributed by atoms with Gasteiger partial charge >= 0.3 is 0 Å². The molecule has 2 unspecified atom stereocenters. The molecule has 32 heavy (non-hydrogen) atoms. The zero-order chi connectivity index (χ0) is 23.4. The molecule has 0 aromatic carbocycles. The lowest BCUT2D eigenvalue weighted by Crippen LogP contribution is -2.52. The highest BCUT2D eigenvalue weighted by molar-refractivity contribution is 4.89. The maximum atomic E-state index is 2.67. The van der Waals surface area contributed by atoms with Crippen molar-refractivity contribution in [1.29, 1.82) is 0 Å². The average Bonchev–Trinajstić information content (AvgIpc) is 2.77. The minimum atomic E-state index is 0.732. The summed E-state index contributed by atoms with van der Waals surface area (Å²) in [5.74, 6) is 3.91. The Balaban J connectivity index is 0.000000181. The minimum Gasteiger partial charge on any atom is -0.301 e. The zero-order valence-corrected chi connectivity index (χ0v) is 22.9. The minimum absolute atomic E-state index is 0.732. The van der Waals surface area contributed by atoms with Crippen LogP contribution < -0.4 is 0 Å². The third kappa shape index (κ3) is 6.93. The average molecular weight is 449 g/mol. The molecule has 0 bridgehead atoms. The summed E-state index contributed by atoms with van der Waals surface area (Å²) in [5, 5.41) is 0. The molecule has 0 aromatic rings. The number of hydrogen-bond acceptors (Lipinski definition) is 4. The summed E-state index contributed by atoms with van der Waals surface area (Å²) < 4.78 is 0. The largest absolute Gasteiger partial charge is 0.301 e. The van der Waals surface area contributed by atoms with Gasteiger partial charge in [-0.25, -0.2) is 0 Å². The first-order chi connectivity index (χ1) is 15.2. The van der Waals surface area contributed by atoms with E-state index in [0.717, 1.165) is 47.8 Å². The molecule has 4 nitrogen and oxygen atoms in total. The number of hydrogen-bond donors (Lipinski definition) is 0. The fourth-order valence-electron chi connectivity index (χ4n) is 6.70. The van der Waals surface area contributed by atoms with Crippen LogP contribution in [0.5, 0.6) is 0 Å². The van der Waals surface area contributed by atoms with Gasteiger partial charge in [0.25, 0.3) is 0 Å². The molecule has 0 N–H and O–H groups in total. The summed E-state index contributed by atoms with van der Waals surface area (Å²) >= 11 is 0. The van der Waals surface area contributed by atoms with Crippen LogP contribution >= 0.6 is 0 Å². The normalized spacial score (nSPS) is 33.4. The second kappa shape index (κ2) is 12.0. The lowest BCUT2D eigenvalue weighted by atomic mass is 9.79. The van der Waals surface area contributed by atoms with E-state index in [1.165, 1.54) is 78.0 Å². The lowest BCUT2D eigenvalue weighted by molar-refractivity contribution is 0.0187. The Labute approximate surface area is 201 Å². The van der Waals surface area contributed by atoms with Crippen molar-refractivity contribution in [2.45, 2.75) is 105 Å². The molecule has 4 aliphatic heterocycles. The Morgan fingerprint density at radius 3 is 0.906 bits per heavy atom. The Hall–Kier alpha value is -0.160. The number of likely N-dealkylation sites (tertiary alicyclic amines) is 4. The van der Waals surface area contributed by atoms with E-state index in [0.29, 0.717) is 0 Å². The van der Waals surface area contributed by atoms with Crippen molar-refractivity contribution in [3.8, 4) is 0 Å². The number of piperidine rings is 4. The number of rotatable bonds is 4. The van der Waals surface area contributed by atoms with Gasteiger partial charge in [-0.05, 0) is 131 Å². The van der Waals surface area contributed by atoms with E-state index in [4.69, 9.17) is 0 Å². The first-order valence-electron chi connectivity index (χ1n) is 14.1. The molecule has 2 atom stereocenters. The molecule has 0 saturated carbocycles. The molecule has 0 aliphatic carbocycles. The molecule has 4 fully saturated rings. The first kappa shape index (κ1) is 26.4. The van der Waals surface area contributed by atoms with E-state index in [9.17, 15) is 0 Å². The van der Waals surface area contributed by atoms with Gasteiger partial charge in [-0.1, -0.05) is 0 Å². The van der Waals surface area contributed by atoms with Crippen molar-refractivity contribution in [1.82, 2.24) is 19.6 Å². The molecule has 0 spiro atoms. The summed E-state index contributed by atoms with van der Waals surface area (Å²) in [6.07, 6.45) is 5.72. The van der Waals surface area contributed by atoms with Crippen LogP contribution in [0.3, 0.4) is 0 Å². The number of nitrogens with zero attached hydrogens (tertiary/aromatic N) is 4. The van der Waals surface area contributed by atoms with Gasteiger partial charge in [0.1, 0.15) is 0 Å². The van der Waals surface area contributed by atoms with Crippen LogP contribution in [0.4, 0.5) is 0 Å². The molecule has 188 valence electrons. The smallest absolute Gasteiger partial charge is 0.00387 e. The Kier molecular flexibility index (Phi) is 9.92. The van der Waals surface area contributed by atoms with Gasteiger partial charge < -0.3 is 19.6 Å². The molecular formula is C28H56N4. The summed E-state index contributed by atoms with van der Waals surface area (Å²) in [4.78, 5) is 10.7. The maximum absolute atomic E-state index is 2.67. The van der Waals surface area contributed by atoms with Crippen LogP contribution in [-0.4, -0.2) is 96.1 Å². The van der Waals surface area contributed by atoms with Crippen LogP contribution in [-0.2, 0) is 0 Å². The van der Waals surface area contributed by atoms with Crippen molar-refractivity contribution in [3.05, 3.63) is 0 Å². The van der Waals surface area contributed by atoms with E-state index in [1.807, 2.05) is 0 Å². The van der Waals surface area contributed by atoms with E-state index in [-0.39, 0.29) is 0 Å². The second-order valence-electron chi connectivity index (χ2n) is 12.5. The SMILES string of the molecule is CC(C)N1CCC2CCN(C(C)C)CC2C1.CC(C)N1CCC2CN(C(C)C)CCC2C1. The standard InChI is InChI=1S/2C14H28N2/c1-11(2)15-7-5-14-10-16(12(3)4)8-6-13(14)9-15;1-11(2)15-7-5-13-6-8-16(12(3)4)10-14(13)9-15/h2*11-14H,5-10H2,1-4H3. The van der Waals surface area contributed by atoms with Gasteiger partial charge in [0.15, 0.2) is 0 Å². The third-order valence-corrected chi connectivity index (χ3v) is 9.28. The number of fused-ring (bicyclic) bond motifs is 2. The van der Waals surface area contributed by atoms with Crippen molar-refractivity contribution < 1.29 is 0 Å². The van der Waals surface area contributed by atoms with Crippen molar-refractivity contribution >= 4 is 0 Å². The summed E-state index contributed by atoms with van der Waals surface area (Å²) in [5.41, 5.74) is 0. The zero-order valence-electron chi connectivity index (χ0n) is 22.9. The summed E-state index contributed by atoms with van der Waals surface area (Å²) in [6, 6.07) is 2.94. The molecule has 0 amide bonds. The quantitative estimate of drug-likeness (QED) is 0.607. The van der Waals surface area contributed by atoms with E-state index in [1.54, 1.807) is 0 Å². The monoisotopic (exact) mass is 448 g/mol. The van der Waals surface area contributed by atoms with Crippen LogP contribution in [0, 0.1) is 23.7 Å². The lowest BCUT2D eigenvalue weighted by Gasteiger charge is -2.47. The van der Waals surface area contributed by atoms with Crippen LogP contribution in [0.2, 0.25) is 0 Å². The van der Waals surface area contributed by atoms with E-state index in [2.05, 4.69) is 75.0 Å². The fraction of sp³-hybridized carbons (Fsp3) is 1.00. The van der Waals surface area contributed by atoms with Crippen molar-refractivity contribution in [2.24, 2.45) is 23.7 Å². The molecule has 0 aromatic heterocycles. The van der Waals surface area contributed by atoms with Crippen LogP contribution in [0.1, 0.15) is 81.1 Å². The van der Waals surface area contributed by atoms with Gasteiger partial charge in [0, 0.05) is 50.3 Å². The highest BCUT2D eigenvalue weighted by Crippen LogP contribution is 2.33. The first-order valence-corrected chi connectivity index (χ1v) is 14.1. The molecule has 4 heteroatoms. The Morgan fingerprint density at radius 1 is 0.375 bits per heavy atom. The van der Waals surface area contributed by atoms with Gasteiger partial charge in [-0.3, -0.25) is 0 Å². The second-order valence-corrected chi connectivity index (χ2v) is 12.5. The Morgan fingerprint density at radius 2 is 0.625 bits per heavy atom. The highest BCUT2D eigenvalue weighted by atomic mass is 15.2. The molecule has 4 saturated heterocycles. The predicted octanol–water partition coefficient (Wildman–Crippen LogP) is 4.89. The molecule has 4 heterocycles. The molecular weight excluding hydrogens is 392 g/mol. The van der Waals surface area contributed by atoms with Gasteiger partial charge in [0.2, 0.25) is 0 Å². The van der Waals surface area contributed by atoms with Crippen LogP contribution in [0.15, 0.2) is 0 Å². The highest BCUT2D eigenvalue weighted by Gasteiger charge is 2.36. The van der Waals surface area contributed by atoms with Crippen molar-refractivity contribution in [2.75, 3.05) is 52.4 Å². The topological polar surface area (TPSA) is 13.0 Å². The van der Waals surface area contributed by atoms with Gasteiger partial charge in [0.05, 0.1) is 0 Å². The van der Waals surface area contributed by atoms with E-state index >= 15 is 0 Å². The predicted molar refractivity (Wildman–Crippen MR) is 139 cm³/mol. The van der Waals surface area contributed by atoms with Gasteiger partial charge in [-0.15, -0.1) is 0 Å². The molecule has 0 radical (unpaired) electrons. The Bertz CT molecular complexity index is 500. The maximum Gasteiger partial charge on any atom is 0.00387 e. The van der Waals surface area contributed by atoms with Gasteiger partial charge in [-0.2, -0.15) is 0 Å². The summed E-state index contributed by atoms with van der Waals surface area (Å²) in [7, 11) is 0. The van der Waals surface area contributed by atoms with E-state index < -0.39 is 0 Å². The summed E-state index contributed by atoms with van der Waals surface area (Å²) in [6.45, 7) is 29.4.